The lowest BCUT2D eigenvalue weighted by Crippen LogP contribution is -2.60. The maximum atomic E-state index is 16.4. The van der Waals surface area contributed by atoms with Gasteiger partial charge in [0.2, 0.25) is 5.95 Å². The predicted octanol–water partition coefficient (Wildman–Crippen LogP) is 5.38. The van der Waals surface area contributed by atoms with Crippen LogP contribution in [0.4, 0.5) is 26.1 Å². The number of benzene rings is 2. The van der Waals surface area contributed by atoms with E-state index in [9.17, 15) is 16.8 Å². The van der Waals surface area contributed by atoms with Crippen molar-refractivity contribution >= 4 is 48.5 Å². The van der Waals surface area contributed by atoms with Gasteiger partial charge in [0.05, 0.1) is 33.5 Å². The van der Waals surface area contributed by atoms with E-state index in [2.05, 4.69) is 15.0 Å². The van der Waals surface area contributed by atoms with Gasteiger partial charge in [-0.05, 0) is 80.3 Å². The summed E-state index contributed by atoms with van der Waals surface area (Å²) in [5.74, 6) is -0.169. The third-order valence-electron chi connectivity index (χ3n) is 10.8. The molecule has 1 saturated heterocycles. The average molecular weight is 711 g/mol. The van der Waals surface area contributed by atoms with Crippen LogP contribution in [0.25, 0.3) is 21.8 Å². The zero-order chi connectivity index (χ0) is 33.2. The SMILES string of the molecule is CN1CCc2cc(S(=O)(=O)Nc3cccc(-c4nc(C56CC(C5)C6)sc4-c4ccnc(NC5CC6(C5)CS(=O)(=O)C6)n4)c3F)c(F)cc21. The second kappa shape index (κ2) is 10.2. The first-order valence-corrected chi connectivity index (χ1v) is 20.1. The molecule has 10 nitrogen and oxygen atoms in total. The molecular weight excluding hydrogens is 679 g/mol. The van der Waals surface area contributed by atoms with Crippen molar-refractivity contribution in [3.8, 4) is 21.8 Å². The Bertz CT molecular complexity index is 2220. The lowest BCUT2D eigenvalue weighted by molar-refractivity contribution is -0.0274. The van der Waals surface area contributed by atoms with E-state index >= 15 is 8.78 Å². The van der Waals surface area contributed by atoms with Crippen LogP contribution >= 0.6 is 11.3 Å². The largest absolute Gasteiger partial charge is 0.374 e. The number of sulfonamides is 1. The van der Waals surface area contributed by atoms with E-state index in [0.717, 1.165) is 37.1 Å². The summed E-state index contributed by atoms with van der Waals surface area (Å²) in [6.07, 6.45) is 6.81. The van der Waals surface area contributed by atoms with Gasteiger partial charge in [0.1, 0.15) is 15.7 Å². The van der Waals surface area contributed by atoms with E-state index in [4.69, 9.17) is 9.97 Å². The van der Waals surface area contributed by atoms with Crippen LogP contribution in [0.3, 0.4) is 0 Å². The molecular formula is C33H32F2N6O4S3. The van der Waals surface area contributed by atoms with Gasteiger partial charge in [0.15, 0.2) is 15.7 Å². The number of likely N-dealkylation sites (N-methyl/N-ethyl adjacent to an activating group) is 1. The molecule has 48 heavy (non-hydrogen) atoms. The zero-order valence-corrected chi connectivity index (χ0v) is 28.4. The smallest absolute Gasteiger partial charge is 0.264 e. The predicted molar refractivity (Wildman–Crippen MR) is 179 cm³/mol. The molecule has 2 aliphatic heterocycles. The van der Waals surface area contributed by atoms with Gasteiger partial charge in [-0.15, -0.1) is 11.3 Å². The molecule has 2 aromatic heterocycles. The molecule has 0 unspecified atom stereocenters. The summed E-state index contributed by atoms with van der Waals surface area (Å²) in [5, 5.41) is 4.24. The molecule has 2 N–H and O–H groups in total. The maximum absolute atomic E-state index is 16.4. The number of nitrogens with zero attached hydrogens (tertiary/aromatic N) is 4. The van der Waals surface area contributed by atoms with E-state index in [-0.39, 0.29) is 39.6 Å². The quantitative estimate of drug-likeness (QED) is 0.247. The number of hydrogen-bond donors (Lipinski definition) is 2. The minimum Gasteiger partial charge on any atom is -0.374 e. The fraction of sp³-hybridized carbons (Fsp3) is 0.424. The Balaban J connectivity index is 1.04. The summed E-state index contributed by atoms with van der Waals surface area (Å²) < 4.78 is 84.1. The van der Waals surface area contributed by atoms with Gasteiger partial charge in [-0.3, -0.25) is 4.72 Å². The van der Waals surface area contributed by atoms with Crippen molar-refractivity contribution in [3.05, 3.63) is 64.8 Å². The van der Waals surface area contributed by atoms with Crippen LogP contribution < -0.4 is 14.9 Å². The van der Waals surface area contributed by atoms with Crippen molar-refractivity contribution in [2.45, 2.75) is 54.9 Å². The molecule has 6 aliphatic rings. The molecule has 4 aromatic rings. The first kappa shape index (κ1) is 30.4. The third kappa shape index (κ3) is 4.75. The molecule has 1 spiro atoms. The first-order chi connectivity index (χ1) is 22.8. The van der Waals surface area contributed by atoms with Gasteiger partial charge in [-0.25, -0.2) is 40.6 Å². The fourth-order valence-corrected chi connectivity index (χ4v) is 13.0. The standard InChI is InChI=1S/C33H32F2N6O4S3/c1-41-8-6-19-9-26(22(34)10-25(19)41)48(44,45)40-23-4-2-3-21(27(23)35)28-29(46-30(39-28)33-11-18(12-33)13-33)24-5-7-36-31(38-24)37-20-14-32(15-20)16-47(42,43)17-32/h2-5,7,9-10,18,20,40H,6,8,11-17H2,1H3,(H,36,37,38). The number of sulfone groups is 1. The monoisotopic (exact) mass is 710 g/mol. The minimum absolute atomic E-state index is 0.0192. The summed E-state index contributed by atoms with van der Waals surface area (Å²) in [4.78, 5) is 16.1. The normalized spacial score (nSPS) is 24.6. The molecule has 2 aromatic carbocycles. The van der Waals surface area contributed by atoms with Gasteiger partial charge < -0.3 is 10.2 Å². The lowest BCUT2D eigenvalue weighted by Gasteiger charge is -2.60. The van der Waals surface area contributed by atoms with Crippen LogP contribution in [0.15, 0.2) is 47.5 Å². The van der Waals surface area contributed by atoms with E-state index in [1.165, 1.54) is 29.5 Å². The Kier molecular flexibility index (Phi) is 6.44. The van der Waals surface area contributed by atoms with Gasteiger partial charge >= 0.3 is 0 Å². The number of thiazole rings is 1. The van der Waals surface area contributed by atoms with Gasteiger partial charge in [0.25, 0.3) is 10.0 Å². The first-order valence-electron chi connectivity index (χ1n) is 16.0. The fourth-order valence-electron chi connectivity index (χ4n) is 8.34. The highest BCUT2D eigenvalue weighted by Crippen LogP contribution is 2.66. The lowest BCUT2D eigenvalue weighted by atomic mass is 9.45. The van der Waals surface area contributed by atoms with Crippen LogP contribution in [0.1, 0.15) is 42.7 Å². The Morgan fingerprint density at radius 3 is 2.52 bits per heavy atom. The summed E-state index contributed by atoms with van der Waals surface area (Å²) in [5.41, 5.74) is 1.91. The molecule has 0 radical (unpaired) electrons. The molecule has 4 aliphatic carbocycles. The van der Waals surface area contributed by atoms with Crippen molar-refractivity contribution in [1.29, 1.82) is 0 Å². The van der Waals surface area contributed by atoms with Crippen LogP contribution in [0.2, 0.25) is 0 Å². The van der Waals surface area contributed by atoms with Crippen LogP contribution in [0.5, 0.6) is 0 Å². The molecule has 15 heteroatoms. The van der Waals surface area contributed by atoms with E-state index in [1.54, 1.807) is 24.4 Å². The minimum atomic E-state index is -4.46. The molecule has 4 heterocycles. The number of hydrogen-bond acceptors (Lipinski definition) is 10. The van der Waals surface area contributed by atoms with Crippen LogP contribution in [-0.4, -0.2) is 62.9 Å². The average Bonchev–Trinajstić information content (AvgIpc) is 3.54. The van der Waals surface area contributed by atoms with Crippen molar-refractivity contribution < 1.29 is 25.6 Å². The Morgan fingerprint density at radius 2 is 1.81 bits per heavy atom. The van der Waals surface area contributed by atoms with Gasteiger partial charge in [0, 0.05) is 47.9 Å². The van der Waals surface area contributed by atoms with Crippen LogP contribution in [-0.2, 0) is 31.7 Å². The molecule has 10 rings (SSSR count). The number of fused-ring (bicyclic) bond motifs is 1. The van der Waals surface area contributed by atoms with Crippen molar-refractivity contribution in [1.82, 2.24) is 15.0 Å². The second-order valence-corrected chi connectivity index (χ2v) is 19.1. The van der Waals surface area contributed by atoms with Crippen molar-refractivity contribution in [2.24, 2.45) is 11.3 Å². The summed E-state index contributed by atoms with van der Waals surface area (Å²) >= 11 is 1.47. The Hall–Kier alpha value is -3.69. The Morgan fingerprint density at radius 1 is 1.04 bits per heavy atom. The molecule has 0 atom stereocenters. The third-order valence-corrected chi connectivity index (χ3v) is 15.6. The molecule has 2 bridgehead atoms. The number of rotatable bonds is 8. The maximum Gasteiger partial charge on any atom is 0.264 e. The summed E-state index contributed by atoms with van der Waals surface area (Å²) in [6.45, 7) is 0.653. The number of aromatic nitrogens is 3. The highest BCUT2D eigenvalue weighted by Gasteiger charge is 2.59. The van der Waals surface area contributed by atoms with Gasteiger partial charge in [-0.2, -0.15) is 0 Å². The van der Waals surface area contributed by atoms with E-state index in [0.29, 0.717) is 52.3 Å². The highest BCUT2D eigenvalue weighted by molar-refractivity contribution is 7.93. The summed E-state index contributed by atoms with van der Waals surface area (Å²) in [7, 11) is -5.56. The number of nitrogens with one attached hydrogen (secondary N) is 2. The molecule has 0 amide bonds. The molecule has 250 valence electrons. The van der Waals surface area contributed by atoms with Crippen molar-refractivity contribution in [2.75, 3.05) is 40.0 Å². The second-order valence-electron chi connectivity index (χ2n) is 14.4. The zero-order valence-electron chi connectivity index (χ0n) is 26.0. The Labute approximate surface area is 281 Å². The van der Waals surface area contributed by atoms with E-state index in [1.807, 2.05) is 11.9 Å². The molecule has 5 fully saturated rings. The topological polar surface area (TPSA) is 134 Å². The van der Waals surface area contributed by atoms with E-state index < -0.39 is 36.4 Å². The van der Waals surface area contributed by atoms with Gasteiger partial charge in [-0.1, -0.05) is 6.07 Å². The summed E-state index contributed by atoms with van der Waals surface area (Å²) in [6, 6.07) is 8.76. The number of halogens is 2. The molecule has 4 saturated carbocycles. The van der Waals surface area contributed by atoms with Crippen LogP contribution in [0, 0.1) is 23.0 Å². The van der Waals surface area contributed by atoms with Crippen molar-refractivity contribution in [3.63, 3.8) is 0 Å². The number of anilines is 3. The highest BCUT2D eigenvalue weighted by atomic mass is 32.2.